The maximum absolute atomic E-state index is 13.1. The minimum atomic E-state index is -0.481. The standard InChI is InChI=1S/C23H24N4O/c1-15-20(14-24)22(17-10-12-19(13-11-17)27(3)4)21(16(2)25-15)23(28)26-18-8-6-5-7-9-18/h5-13,20,22H,1-4H3,(H,26,28)/t20?,22-/m0/s1. The zero-order chi connectivity index (χ0) is 20.3. The summed E-state index contributed by atoms with van der Waals surface area (Å²) in [4.78, 5) is 19.7. The van der Waals surface area contributed by atoms with Crippen molar-refractivity contribution < 1.29 is 4.79 Å². The van der Waals surface area contributed by atoms with Gasteiger partial charge in [-0.25, -0.2) is 0 Å². The number of hydrogen-bond donors (Lipinski definition) is 1. The summed E-state index contributed by atoms with van der Waals surface area (Å²) >= 11 is 0. The van der Waals surface area contributed by atoms with Gasteiger partial charge in [-0.05, 0) is 43.7 Å². The molecular formula is C23H24N4O. The highest BCUT2D eigenvalue weighted by Crippen LogP contribution is 2.39. The number of para-hydroxylation sites is 1. The summed E-state index contributed by atoms with van der Waals surface area (Å²) in [5.41, 5.74) is 4.64. The van der Waals surface area contributed by atoms with Gasteiger partial charge in [-0.1, -0.05) is 30.3 Å². The fraction of sp³-hybridized carbons (Fsp3) is 0.261. The van der Waals surface area contributed by atoms with Crippen LogP contribution in [0.1, 0.15) is 25.3 Å². The van der Waals surface area contributed by atoms with Crippen molar-refractivity contribution >= 4 is 23.0 Å². The number of nitrogens with zero attached hydrogens (tertiary/aromatic N) is 3. The highest BCUT2D eigenvalue weighted by Gasteiger charge is 2.37. The van der Waals surface area contributed by atoms with E-state index in [9.17, 15) is 10.1 Å². The number of nitriles is 1. The highest BCUT2D eigenvalue weighted by molar-refractivity contribution is 6.07. The molecule has 5 nitrogen and oxygen atoms in total. The number of rotatable bonds is 4. The van der Waals surface area contributed by atoms with Crippen LogP contribution in [0.5, 0.6) is 0 Å². The lowest BCUT2D eigenvalue weighted by atomic mass is 9.76. The van der Waals surface area contributed by atoms with Crippen LogP contribution in [-0.2, 0) is 4.79 Å². The Labute approximate surface area is 166 Å². The van der Waals surface area contributed by atoms with E-state index in [1.807, 2.05) is 87.4 Å². The van der Waals surface area contributed by atoms with Crippen molar-refractivity contribution in [2.45, 2.75) is 19.8 Å². The van der Waals surface area contributed by atoms with Crippen LogP contribution in [0, 0.1) is 17.2 Å². The monoisotopic (exact) mass is 372 g/mol. The maximum atomic E-state index is 13.1. The predicted molar refractivity (Wildman–Crippen MR) is 113 cm³/mol. The largest absolute Gasteiger partial charge is 0.378 e. The minimum absolute atomic E-state index is 0.220. The van der Waals surface area contributed by atoms with E-state index in [4.69, 9.17) is 0 Å². The molecule has 3 rings (SSSR count). The molecule has 0 bridgehead atoms. The lowest BCUT2D eigenvalue weighted by Gasteiger charge is -2.30. The summed E-state index contributed by atoms with van der Waals surface area (Å²) < 4.78 is 0. The van der Waals surface area contributed by atoms with Gasteiger partial charge in [0.15, 0.2) is 0 Å². The maximum Gasteiger partial charge on any atom is 0.254 e. The molecule has 0 fully saturated rings. The Kier molecular flexibility index (Phi) is 5.60. The van der Waals surface area contributed by atoms with Crippen LogP contribution in [0.4, 0.5) is 11.4 Å². The number of anilines is 2. The highest BCUT2D eigenvalue weighted by atomic mass is 16.1. The summed E-state index contributed by atoms with van der Waals surface area (Å²) in [5, 5.41) is 12.8. The molecule has 2 aromatic carbocycles. The van der Waals surface area contributed by atoms with Gasteiger partial charge in [-0.15, -0.1) is 0 Å². The molecule has 1 amide bonds. The third-order valence-electron chi connectivity index (χ3n) is 5.01. The van der Waals surface area contributed by atoms with Gasteiger partial charge in [-0.2, -0.15) is 5.26 Å². The number of carbonyl (C=O) groups excluding carboxylic acids is 1. The van der Waals surface area contributed by atoms with E-state index in [1.54, 1.807) is 0 Å². The van der Waals surface area contributed by atoms with Crippen molar-refractivity contribution in [3.63, 3.8) is 0 Å². The molecule has 0 aliphatic carbocycles. The second-order valence-corrected chi connectivity index (χ2v) is 7.14. The van der Waals surface area contributed by atoms with E-state index in [0.717, 1.165) is 17.0 Å². The first-order valence-electron chi connectivity index (χ1n) is 9.21. The van der Waals surface area contributed by atoms with Crippen LogP contribution in [0.25, 0.3) is 0 Å². The van der Waals surface area contributed by atoms with Crippen molar-refractivity contribution in [1.29, 1.82) is 5.26 Å². The van der Waals surface area contributed by atoms with Gasteiger partial charge in [0.05, 0.1) is 12.0 Å². The molecule has 0 radical (unpaired) electrons. The van der Waals surface area contributed by atoms with Gasteiger partial charge in [0.2, 0.25) is 0 Å². The van der Waals surface area contributed by atoms with E-state index in [1.165, 1.54) is 0 Å². The van der Waals surface area contributed by atoms with Gasteiger partial charge in [0, 0.05) is 48.4 Å². The van der Waals surface area contributed by atoms with Crippen molar-refractivity contribution in [3.8, 4) is 6.07 Å². The van der Waals surface area contributed by atoms with Crippen LogP contribution in [0.15, 0.2) is 70.9 Å². The Bertz CT molecular complexity index is 966. The fourth-order valence-corrected chi connectivity index (χ4v) is 3.56. The Morgan fingerprint density at radius 3 is 2.29 bits per heavy atom. The van der Waals surface area contributed by atoms with Gasteiger partial charge < -0.3 is 10.2 Å². The molecule has 5 heteroatoms. The smallest absolute Gasteiger partial charge is 0.254 e. The third-order valence-corrected chi connectivity index (χ3v) is 5.01. The van der Waals surface area contributed by atoms with Crippen molar-refractivity contribution in [1.82, 2.24) is 0 Å². The lowest BCUT2D eigenvalue weighted by Crippen LogP contribution is -2.31. The van der Waals surface area contributed by atoms with Crippen LogP contribution in [0.2, 0.25) is 0 Å². The zero-order valence-corrected chi connectivity index (χ0v) is 16.6. The first-order chi connectivity index (χ1) is 13.4. The van der Waals surface area contributed by atoms with Gasteiger partial charge in [-0.3, -0.25) is 9.79 Å². The fourth-order valence-electron chi connectivity index (χ4n) is 3.56. The summed E-state index contributed by atoms with van der Waals surface area (Å²) in [6, 6.07) is 19.7. The predicted octanol–water partition coefficient (Wildman–Crippen LogP) is 4.36. The normalized spacial score (nSPS) is 18.9. The molecular weight excluding hydrogens is 348 g/mol. The van der Waals surface area contributed by atoms with Crippen molar-refractivity contribution in [2.24, 2.45) is 10.9 Å². The molecule has 2 aromatic rings. The van der Waals surface area contributed by atoms with E-state index in [2.05, 4.69) is 16.4 Å². The molecule has 0 saturated heterocycles. The van der Waals surface area contributed by atoms with E-state index in [-0.39, 0.29) is 11.8 Å². The topological polar surface area (TPSA) is 68.5 Å². The quantitative estimate of drug-likeness (QED) is 0.867. The minimum Gasteiger partial charge on any atom is -0.378 e. The van der Waals surface area contributed by atoms with Gasteiger partial charge >= 0.3 is 0 Å². The molecule has 1 N–H and O–H groups in total. The average molecular weight is 372 g/mol. The molecule has 1 heterocycles. The molecule has 0 saturated carbocycles. The lowest BCUT2D eigenvalue weighted by molar-refractivity contribution is -0.113. The second-order valence-electron chi connectivity index (χ2n) is 7.14. The van der Waals surface area contributed by atoms with Crippen molar-refractivity contribution in [3.05, 3.63) is 71.4 Å². The van der Waals surface area contributed by atoms with Crippen LogP contribution in [-0.4, -0.2) is 25.7 Å². The van der Waals surface area contributed by atoms with E-state index in [0.29, 0.717) is 17.0 Å². The molecule has 0 aromatic heterocycles. The number of nitrogens with one attached hydrogen (secondary N) is 1. The van der Waals surface area contributed by atoms with E-state index < -0.39 is 5.92 Å². The van der Waals surface area contributed by atoms with Gasteiger partial charge in [0.25, 0.3) is 5.91 Å². The first kappa shape index (κ1) is 19.4. The Morgan fingerprint density at radius 2 is 1.71 bits per heavy atom. The average Bonchev–Trinajstić information content (AvgIpc) is 2.68. The molecule has 1 aliphatic rings. The number of hydrogen-bond acceptors (Lipinski definition) is 4. The van der Waals surface area contributed by atoms with Crippen LogP contribution >= 0.6 is 0 Å². The summed E-state index contributed by atoms with van der Waals surface area (Å²) in [6.45, 7) is 3.68. The molecule has 1 aliphatic heterocycles. The number of carbonyl (C=O) groups is 1. The third kappa shape index (κ3) is 3.81. The Balaban J connectivity index is 2.04. The van der Waals surface area contributed by atoms with Gasteiger partial charge in [0.1, 0.15) is 0 Å². The Hall–Kier alpha value is -3.39. The molecule has 142 valence electrons. The van der Waals surface area contributed by atoms with Crippen LogP contribution < -0.4 is 10.2 Å². The number of allylic oxidation sites excluding steroid dienone is 1. The summed E-state index contributed by atoms with van der Waals surface area (Å²) in [6.07, 6.45) is 0. The molecule has 28 heavy (non-hydrogen) atoms. The number of amides is 1. The van der Waals surface area contributed by atoms with E-state index >= 15 is 0 Å². The summed E-state index contributed by atoms with van der Waals surface area (Å²) in [5.74, 6) is -1.06. The van der Waals surface area contributed by atoms with Crippen LogP contribution in [0.3, 0.4) is 0 Å². The molecule has 1 unspecified atom stereocenters. The second kappa shape index (κ2) is 8.10. The molecule has 0 spiro atoms. The number of aliphatic imine (C=N–C) groups is 1. The SMILES string of the molecule is CC1=NC(C)=C(C(=O)Nc2ccccc2)[C@@H](c2ccc(N(C)C)cc2)C1C#N. The zero-order valence-electron chi connectivity index (χ0n) is 16.6. The number of benzene rings is 2. The summed E-state index contributed by atoms with van der Waals surface area (Å²) in [7, 11) is 3.96. The Morgan fingerprint density at radius 1 is 1.07 bits per heavy atom. The molecule has 2 atom stereocenters. The first-order valence-corrected chi connectivity index (χ1v) is 9.21. The van der Waals surface area contributed by atoms with Crippen molar-refractivity contribution in [2.75, 3.05) is 24.3 Å².